The van der Waals surface area contributed by atoms with Gasteiger partial charge in [-0.2, -0.15) is 13.9 Å². The Morgan fingerprint density at radius 1 is 1.19 bits per heavy atom. The van der Waals surface area contributed by atoms with Crippen molar-refractivity contribution in [3.63, 3.8) is 0 Å². The highest BCUT2D eigenvalue weighted by molar-refractivity contribution is 8.00. The van der Waals surface area contributed by atoms with Gasteiger partial charge in [0.15, 0.2) is 5.65 Å². The highest BCUT2D eigenvalue weighted by Crippen LogP contribution is 2.29. The lowest BCUT2D eigenvalue weighted by Crippen LogP contribution is -2.14. The molecule has 0 aliphatic carbocycles. The van der Waals surface area contributed by atoms with E-state index >= 15 is 0 Å². The van der Waals surface area contributed by atoms with Gasteiger partial charge in [-0.15, -0.1) is 0 Å². The fraction of sp³-hybridized carbons (Fsp3) is 0.100. The highest BCUT2D eigenvalue weighted by atomic mass is 35.5. The number of fused-ring (bicyclic) bond motifs is 1. The lowest BCUT2D eigenvalue weighted by atomic mass is 10.3. The Hall–Kier alpha value is -3.24. The van der Waals surface area contributed by atoms with Gasteiger partial charge in [0, 0.05) is 5.69 Å². The number of anilines is 1. The summed E-state index contributed by atoms with van der Waals surface area (Å²) in [6.45, 7) is -2.98. The number of carbonyl (C=O) groups is 1. The predicted octanol–water partition coefficient (Wildman–Crippen LogP) is 4.80. The molecule has 4 aromatic rings. The third kappa shape index (κ3) is 4.92. The molecule has 31 heavy (non-hydrogen) atoms. The van der Waals surface area contributed by atoms with Crippen molar-refractivity contribution in [2.45, 2.75) is 11.6 Å². The lowest BCUT2D eigenvalue weighted by molar-refractivity contribution is -0.113. The summed E-state index contributed by atoms with van der Waals surface area (Å²) >= 11 is 7.14. The van der Waals surface area contributed by atoms with Gasteiger partial charge in [-0.05, 0) is 30.3 Å². The lowest BCUT2D eigenvalue weighted by Gasteiger charge is -2.09. The van der Waals surface area contributed by atoms with E-state index in [9.17, 15) is 13.6 Å². The summed E-state index contributed by atoms with van der Waals surface area (Å²) in [5.74, 6) is -0.413. The van der Waals surface area contributed by atoms with Crippen molar-refractivity contribution >= 4 is 46.0 Å². The van der Waals surface area contributed by atoms with Gasteiger partial charge in [-0.1, -0.05) is 41.6 Å². The largest absolute Gasteiger partial charge is 0.433 e. The number of thioether (sulfide) groups is 1. The maximum absolute atomic E-state index is 12.3. The molecule has 11 heteroatoms. The molecule has 2 aromatic carbocycles. The SMILES string of the molecule is O=C(CSc1ncnc2c1cnn2-c1ccccc1)Nc1ccc(OC(F)F)c(Cl)c1. The summed E-state index contributed by atoms with van der Waals surface area (Å²) in [7, 11) is 0. The van der Waals surface area contributed by atoms with E-state index in [4.69, 9.17) is 11.6 Å². The van der Waals surface area contributed by atoms with E-state index < -0.39 is 6.61 Å². The van der Waals surface area contributed by atoms with Gasteiger partial charge in [0.05, 0.1) is 28.0 Å². The summed E-state index contributed by atoms with van der Waals surface area (Å²) in [4.78, 5) is 20.9. The number of nitrogens with one attached hydrogen (secondary N) is 1. The number of halogens is 3. The van der Waals surface area contributed by atoms with Gasteiger partial charge in [0.2, 0.25) is 5.91 Å². The van der Waals surface area contributed by atoms with E-state index in [1.165, 1.54) is 36.3 Å². The third-order valence-corrected chi connectivity index (χ3v) is 5.40. The molecule has 0 radical (unpaired) electrons. The minimum Gasteiger partial charge on any atom is -0.433 e. The number of rotatable bonds is 7. The number of alkyl halides is 2. The summed E-state index contributed by atoms with van der Waals surface area (Å²) in [6, 6.07) is 13.6. The molecule has 158 valence electrons. The van der Waals surface area contributed by atoms with Crippen molar-refractivity contribution in [2.24, 2.45) is 0 Å². The van der Waals surface area contributed by atoms with E-state index in [1.54, 1.807) is 10.9 Å². The number of benzene rings is 2. The van der Waals surface area contributed by atoms with Crippen LogP contribution in [-0.4, -0.2) is 38.0 Å². The average molecular weight is 462 g/mol. The Morgan fingerprint density at radius 2 is 2.00 bits per heavy atom. The van der Waals surface area contributed by atoms with Crippen molar-refractivity contribution in [2.75, 3.05) is 11.1 Å². The second-order valence-corrected chi connectivity index (χ2v) is 7.54. The topological polar surface area (TPSA) is 81.9 Å². The summed E-state index contributed by atoms with van der Waals surface area (Å²) in [5.41, 5.74) is 1.86. The molecule has 0 saturated carbocycles. The number of carbonyl (C=O) groups excluding carboxylic acids is 1. The van der Waals surface area contributed by atoms with Crippen molar-refractivity contribution in [1.29, 1.82) is 0 Å². The van der Waals surface area contributed by atoms with Crippen LogP contribution in [0.4, 0.5) is 14.5 Å². The molecule has 0 bridgehead atoms. The van der Waals surface area contributed by atoms with Gasteiger partial charge in [0.25, 0.3) is 0 Å². The van der Waals surface area contributed by atoms with Gasteiger partial charge < -0.3 is 10.1 Å². The first-order chi connectivity index (χ1) is 15.0. The molecule has 0 fully saturated rings. The van der Waals surface area contributed by atoms with Crippen molar-refractivity contribution in [1.82, 2.24) is 19.7 Å². The number of aromatic nitrogens is 4. The van der Waals surface area contributed by atoms with Crippen molar-refractivity contribution in [3.8, 4) is 11.4 Å². The van der Waals surface area contributed by atoms with Gasteiger partial charge >= 0.3 is 6.61 Å². The maximum Gasteiger partial charge on any atom is 0.387 e. The molecule has 2 heterocycles. The summed E-state index contributed by atoms with van der Waals surface area (Å²) in [5, 5.41) is 8.34. The Kier molecular flexibility index (Phi) is 6.28. The highest BCUT2D eigenvalue weighted by Gasteiger charge is 2.14. The number of nitrogens with zero attached hydrogens (tertiary/aromatic N) is 4. The van der Waals surface area contributed by atoms with Gasteiger partial charge in [-0.25, -0.2) is 14.6 Å². The smallest absolute Gasteiger partial charge is 0.387 e. The molecule has 7 nitrogen and oxygen atoms in total. The van der Waals surface area contributed by atoms with Crippen molar-refractivity contribution in [3.05, 3.63) is 66.1 Å². The summed E-state index contributed by atoms with van der Waals surface area (Å²) < 4.78 is 30.6. The van der Waals surface area contributed by atoms with Crippen LogP contribution in [0.25, 0.3) is 16.7 Å². The minimum atomic E-state index is -2.98. The molecule has 0 atom stereocenters. The third-order valence-electron chi connectivity index (χ3n) is 4.10. The number of para-hydroxylation sites is 1. The zero-order chi connectivity index (χ0) is 21.8. The number of ether oxygens (including phenoxy) is 1. The maximum atomic E-state index is 12.3. The molecule has 4 rings (SSSR count). The van der Waals surface area contributed by atoms with Crippen LogP contribution in [0.1, 0.15) is 0 Å². The Labute approximate surface area is 184 Å². The minimum absolute atomic E-state index is 0.0309. The second-order valence-electron chi connectivity index (χ2n) is 6.17. The van der Waals surface area contributed by atoms with Gasteiger partial charge in [0.1, 0.15) is 17.1 Å². The fourth-order valence-corrected chi connectivity index (χ4v) is 3.78. The van der Waals surface area contributed by atoms with Crippen LogP contribution in [0.3, 0.4) is 0 Å². The first-order valence-corrected chi connectivity index (χ1v) is 10.3. The molecule has 0 aliphatic rings. The molecular weight excluding hydrogens is 448 g/mol. The van der Waals surface area contributed by atoms with E-state index in [1.807, 2.05) is 30.3 Å². The molecule has 1 N–H and O–H groups in total. The first kappa shape index (κ1) is 21.0. The molecule has 0 saturated heterocycles. The molecule has 0 spiro atoms. The van der Waals surface area contributed by atoms with Crippen molar-refractivity contribution < 1.29 is 18.3 Å². The fourth-order valence-electron chi connectivity index (χ4n) is 2.80. The zero-order valence-corrected chi connectivity index (χ0v) is 17.3. The average Bonchev–Trinajstić information content (AvgIpc) is 3.19. The van der Waals surface area contributed by atoms with E-state index in [0.29, 0.717) is 16.4 Å². The molecular formula is C20H14ClF2N5O2S. The quantitative estimate of drug-likeness (QED) is 0.314. The second kappa shape index (κ2) is 9.27. The molecule has 0 aliphatic heterocycles. The molecule has 1 amide bonds. The number of hydrogen-bond donors (Lipinski definition) is 1. The monoisotopic (exact) mass is 461 g/mol. The Morgan fingerprint density at radius 3 is 2.74 bits per heavy atom. The van der Waals surface area contributed by atoms with Crippen LogP contribution in [0.5, 0.6) is 5.75 Å². The molecule has 0 unspecified atom stereocenters. The van der Waals surface area contributed by atoms with E-state index in [2.05, 4.69) is 25.1 Å². The first-order valence-electron chi connectivity index (χ1n) is 8.92. The molecule has 2 aromatic heterocycles. The van der Waals surface area contributed by atoms with Crippen LogP contribution >= 0.6 is 23.4 Å². The van der Waals surface area contributed by atoms with Gasteiger partial charge in [-0.3, -0.25) is 4.79 Å². The van der Waals surface area contributed by atoms with E-state index in [0.717, 1.165) is 11.1 Å². The Bertz CT molecular complexity index is 1220. The number of hydrogen-bond acceptors (Lipinski definition) is 6. The summed E-state index contributed by atoms with van der Waals surface area (Å²) in [6.07, 6.45) is 3.08. The van der Waals surface area contributed by atoms with Crippen LogP contribution in [-0.2, 0) is 4.79 Å². The number of amides is 1. The zero-order valence-electron chi connectivity index (χ0n) is 15.7. The normalized spacial score (nSPS) is 11.1. The predicted molar refractivity (Wildman–Crippen MR) is 114 cm³/mol. The Balaban J connectivity index is 1.44. The van der Waals surface area contributed by atoms with E-state index in [-0.39, 0.29) is 22.4 Å². The van der Waals surface area contributed by atoms with Crippen LogP contribution < -0.4 is 10.1 Å². The van der Waals surface area contributed by atoms with Crippen LogP contribution in [0.15, 0.2) is 66.1 Å². The standard InChI is InChI=1S/C20H14ClF2N5O2S/c21-15-8-12(6-7-16(15)30-20(22)23)27-17(29)10-31-19-14-9-26-28(18(14)24-11-25-19)13-4-2-1-3-5-13/h1-9,11,20H,10H2,(H,27,29). The van der Waals surface area contributed by atoms with Crippen LogP contribution in [0, 0.1) is 0 Å². The van der Waals surface area contributed by atoms with Crippen LogP contribution in [0.2, 0.25) is 5.02 Å².